The summed E-state index contributed by atoms with van der Waals surface area (Å²) in [5.74, 6) is 0. The molecule has 0 heterocycles. The Hall–Kier alpha value is 1.26. The first kappa shape index (κ1) is 29.0. The Kier molecular flexibility index (Phi) is 29.4. The Bertz CT molecular complexity index is 281. The van der Waals surface area contributed by atoms with Gasteiger partial charge in [0.1, 0.15) is 7.57 Å². The van der Waals surface area contributed by atoms with Crippen molar-refractivity contribution in [3.63, 3.8) is 0 Å². The van der Waals surface area contributed by atoms with E-state index in [-0.39, 0.29) is 36.9 Å². The average Bonchev–Trinajstić information content (AvgIpc) is 2.60. The summed E-state index contributed by atoms with van der Waals surface area (Å²) >= 11 is 0. The fraction of sp³-hybridized carbons (Fsp3) is 0.667. The summed E-state index contributed by atoms with van der Waals surface area (Å²) in [6, 6.07) is 10.8. The Balaban J connectivity index is -0.000000257. The van der Waals surface area contributed by atoms with Crippen molar-refractivity contribution in [1.82, 2.24) is 0 Å². The zero-order valence-electron chi connectivity index (χ0n) is 15.5. The van der Waals surface area contributed by atoms with Gasteiger partial charge in [0, 0.05) is 26.4 Å². The minimum absolute atomic E-state index is 0. The molecule has 23 heavy (non-hydrogen) atoms. The van der Waals surface area contributed by atoms with E-state index in [1.54, 1.807) is 5.30 Å². The first-order chi connectivity index (χ1) is 10.6. The minimum Gasteiger partial charge on any atom is -0.150 e. The van der Waals surface area contributed by atoms with Gasteiger partial charge in [0.2, 0.25) is 0 Å². The number of rotatable bonds is 7. The van der Waals surface area contributed by atoms with E-state index in [4.69, 9.17) is 0 Å². The quantitative estimate of drug-likeness (QED) is 0.342. The van der Waals surface area contributed by atoms with Crippen LogP contribution in [0.15, 0.2) is 30.3 Å². The summed E-state index contributed by atoms with van der Waals surface area (Å²) in [5.41, 5.74) is 0. The van der Waals surface area contributed by atoms with Gasteiger partial charge in [0.15, 0.2) is 0 Å². The third kappa shape index (κ3) is 19.4. The Morgan fingerprint density at radius 1 is 0.696 bits per heavy atom. The van der Waals surface area contributed by atoms with E-state index >= 15 is 0 Å². The van der Waals surface area contributed by atoms with Crippen LogP contribution in [0, 0.1) is 0 Å². The largest absolute Gasteiger partial charge is 0.150 e. The molecule has 1 rings (SSSR count). The summed E-state index contributed by atoms with van der Waals surface area (Å²) in [4.78, 5) is 0. The molecular weight excluding hydrogens is 515 g/mol. The molecule has 140 valence electrons. The summed E-state index contributed by atoms with van der Waals surface area (Å²) < 4.78 is 0. The SMILES string of the molecule is CC[PH+](CC)CC.CC[PH+](CC)CC.[BH3-][PH2+]c1ccccc1.[Pt]. The van der Waals surface area contributed by atoms with Gasteiger partial charge in [-0.3, -0.25) is 0 Å². The molecule has 0 N–H and O–H groups in total. The fourth-order valence-electron chi connectivity index (χ4n) is 1.95. The van der Waals surface area contributed by atoms with Crippen LogP contribution >= 0.6 is 24.3 Å². The molecule has 0 spiro atoms. The Labute approximate surface area is 166 Å². The first-order valence-corrected chi connectivity index (χ1v) is 13.4. The van der Waals surface area contributed by atoms with Crippen LogP contribution in [0.3, 0.4) is 0 Å². The topological polar surface area (TPSA) is 0 Å². The molecular formula is C18H42BP3Pt+2. The van der Waals surface area contributed by atoms with Crippen molar-refractivity contribution in [1.29, 1.82) is 0 Å². The summed E-state index contributed by atoms with van der Waals surface area (Å²) in [6.07, 6.45) is 8.74. The van der Waals surface area contributed by atoms with E-state index < -0.39 is 0 Å². The third-order valence-electron chi connectivity index (χ3n) is 3.80. The van der Waals surface area contributed by atoms with Crippen LogP contribution in [0.4, 0.5) is 0 Å². The number of hydrogen-bond donors (Lipinski definition) is 0. The van der Waals surface area contributed by atoms with Gasteiger partial charge in [-0.15, -0.1) is 8.46 Å². The molecule has 1 aromatic rings. The average molecular weight is 557 g/mol. The molecule has 0 nitrogen and oxygen atoms in total. The van der Waals surface area contributed by atoms with E-state index in [1.807, 2.05) is 0 Å². The van der Waals surface area contributed by atoms with Crippen molar-refractivity contribution in [2.45, 2.75) is 41.5 Å². The standard InChI is InChI=1S/C6H10BP.2C6H15P.Pt/c7-8-6-4-2-1-3-5-6;2*1-4-7(5-2)6-3;/h1-5H,8H2,7H3;2*4-6H2,1-3H3;/p+2. The maximum Gasteiger partial charge on any atom is 0.127 e. The zero-order valence-corrected chi connectivity index (χ0v) is 20.9. The van der Waals surface area contributed by atoms with E-state index in [1.165, 1.54) is 37.0 Å². The summed E-state index contributed by atoms with van der Waals surface area (Å²) in [6.45, 7) is 13.8. The third-order valence-corrected chi connectivity index (χ3v) is 10.2. The van der Waals surface area contributed by atoms with Crippen molar-refractivity contribution < 1.29 is 21.1 Å². The second-order valence-electron chi connectivity index (χ2n) is 5.03. The van der Waals surface area contributed by atoms with E-state index in [0.29, 0.717) is 7.57 Å². The number of hydrogen-bond acceptors (Lipinski definition) is 0. The second-order valence-corrected chi connectivity index (χ2v) is 12.9. The molecule has 0 aliphatic rings. The predicted octanol–water partition coefficient (Wildman–Crippen LogP) is 4.52. The molecule has 0 radical (unpaired) electrons. The maximum absolute atomic E-state index is 2.31. The molecule has 1 atom stereocenters. The molecule has 0 aromatic heterocycles. The Morgan fingerprint density at radius 2 is 1.00 bits per heavy atom. The summed E-state index contributed by atoms with van der Waals surface area (Å²) in [7, 11) is 1.69. The van der Waals surface area contributed by atoms with Gasteiger partial charge in [-0.2, -0.15) is 0 Å². The maximum atomic E-state index is 2.31. The molecule has 1 aromatic carbocycles. The van der Waals surface area contributed by atoms with Crippen LogP contribution in [0.2, 0.25) is 0 Å². The molecule has 0 aliphatic carbocycles. The summed E-state index contributed by atoms with van der Waals surface area (Å²) in [5, 5.41) is 1.60. The predicted molar refractivity (Wildman–Crippen MR) is 126 cm³/mol. The van der Waals surface area contributed by atoms with Crippen molar-refractivity contribution in [2.75, 3.05) is 37.0 Å². The van der Waals surface area contributed by atoms with Crippen LogP contribution in [-0.2, 0) is 21.1 Å². The molecule has 0 bridgehead atoms. The van der Waals surface area contributed by atoms with Crippen molar-refractivity contribution >= 4 is 37.2 Å². The molecule has 0 fully saturated rings. The molecule has 0 amide bonds. The van der Waals surface area contributed by atoms with E-state index in [9.17, 15) is 0 Å². The molecule has 0 aliphatic heterocycles. The fourth-order valence-corrected chi connectivity index (χ4v) is 5.18. The monoisotopic (exact) mass is 557 g/mol. The normalized spacial score (nSPS) is 9.96. The Morgan fingerprint density at radius 3 is 1.13 bits per heavy atom. The van der Waals surface area contributed by atoms with Gasteiger partial charge in [0.25, 0.3) is 0 Å². The zero-order chi connectivity index (χ0) is 17.2. The molecule has 1 unspecified atom stereocenters. The first-order valence-electron chi connectivity index (χ1n) is 8.56. The molecule has 5 heteroatoms. The van der Waals surface area contributed by atoms with Crippen LogP contribution < -0.4 is 5.30 Å². The van der Waals surface area contributed by atoms with Crippen LogP contribution in [0.1, 0.15) is 41.5 Å². The van der Waals surface area contributed by atoms with Gasteiger partial charge in [-0.25, -0.2) is 0 Å². The number of benzene rings is 1. The minimum atomic E-state index is 0. The van der Waals surface area contributed by atoms with Crippen LogP contribution in [0.25, 0.3) is 0 Å². The smallest absolute Gasteiger partial charge is 0.127 e. The van der Waals surface area contributed by atoms with Crippen LogP contribution in [-0.4, -0.2) is 44.5 Å². The van der Waals surface area contributed by atoms with Gasteiger partial charge in [0.05, 0.1) is 37.0 Å². The van der Waals surface area contributed by atoms with Gasteiger partial charge in [-0.1, -0.05) is 18.2 Å². The molecule has 0 saturated carbocycles. The van der Waals surface area contributed by atoms with E-state index in [2.05, 4.69) is 71.9 Å². The second kappa shape index (κ2) is 23.3. The van der Waals surface area contributed by atoms with Gasteiger partial charge >= 0.3 is 0 Å². The van der Waals surface area contributed by atoms with Crippen molar-refractivity contribution in [3.05, 3.63) is 30.3 Å². The van der Waals surface area contributed by atoms with E-state index in [0.717, 1.165) is 8.46 Å². The van der Waals surface area contributed by atoms with Crippen molar-refractivity contribution in [3.8, 4) is 0 Å². The van der Waals surface area contributed by atoms with Crippen molar-refractivity contribution in [2.24, 2.45) is 0 Å². The molecule has 0 saturated heterocycles. The van der Waals surface area contributed by atoms with Gasteiger partial charge in [-0.05, 0) is 69.5 Å². The van der Waals surface area contributed by atoms with Crippen LogP contribution in [0.5, 0.6) is 0 Å². The van der Waals surface area contributed by atoms with Gasteiger partial charge < -0.3 is 0 Å².